The summed E-state index contributed by atoms with van der Waals surface area (Å²) in [5.41, 5.74) is 3.84. The van der Waals surface area contributed by atoms with Crippen LogP contribution in [0, 0.1) is 10.1 Å². The van der Waals surface area contributed by atoms with Crippen molar-refractivity contribution in [2.45, 2.75) is 19.3 Å². The third kappa shape index (κ3) is 3.08. The predicted octanol–water partition coefficient (Wildman–Crippen LogP) is 4.35. The van der Waals surface area contributed by atoms with Gasteiger partial charge in [-0.05, 0) is 53.4 Å². The molecule has 0 spiro atoms. The van der Waals surface area contributed by atoms with E-state index in [4.69, 9.17) is 5.10 Å². The highest BCUT2D eigenvalue weighted by Crippen LogP contribution is 2.34. The van der Waals surface area contributed by atoms with Crippen LogP contribution < -0.4 is 5.32 Å². The summed E-state index contributed by atoms with van der Waals surface area (Å²) >= 11 is 3.47. The maximum absolute atomic E-state index is 10.9. The molecular weight excluding hydrogens is 398 g/mol. The van der Waals surface area contributed by atoms with Crippen LogP contribution in [0.25, 0.3) is 16.9 Å². The van der Waals surface area contributed by atoms with E-state index in [9.17, 15) is 10.1 Å². The number of fused-ring (bicyclic) bond motifs is 1. The number of nitro benzene ring substituents is 1. The highest BCUT2D eigenvalue weighted by atomic mass is 79.9. The van der Waals surface area contributed by atoms with Crippen LogP contribution in [0.5, 0.6) is 0 Å². The number of nitrogens with zero attached hydrogens (tertiary/aromatic N) is 4. The van der Waals surface area contributed by atoms with Crippen molar-refractivity contribution in [1.82, 2.24) is 14.8 Å². The zero-order valence-corrected chi connectivity index (χ0v) is 15.4. The van der Waals surface area contributed by atoms with E-state index in [1.807, 2.05) is 10.7 Å². The summed E-state index contributed by atoms with van der Waals surface area (Å²) in [5, 5.41) is 19.2. The van der Waals surface area contributed by atoms with Crippen molar-refractivity contribution in [1.29, 1.82) is 0 Å². The molecule has 1 N–H and O–H groups in total. The molecule has 0 amide bonds. The molecule has 26 heavy (non-hydrogen) atoms. The second-order valence-electron chi connectivity index (χ2n) is 6.14. The molecule has 0 bridgehead atoms. The van der Waals surface area contributed by atoms with Gasteiger partial charge in [0.15, 0.2) is 0 Å². The summed E-state index contributed by atoms with van der Waals surface area (Å²) in [4.78, 5) is 14.8. The van der Waals surface area contributed by atoms with Gasteiger partial charge in [0.05, 0.1) is 16.3 Å². The maximum atomic E-state index is 10.9. The molecule has 0 atom stereocenters. The van der Waals surface area contributed by atoms with Crippen molar-refractivity contribution in [3.63, 3.8) is 0 Å². The Morgan fingerprint density at radius 3 is 2.73 bits per heavy atom. The highest BCUT2D eigenvalue weighted by Gasteiger charge is 2.22. The number of benzene rings is 1. The Morgan fingerprint density at radius 2 is 2.00 bits per heavy atom. The summed E-state index contributed by atoms with van der Waals surface area (Å²) in [6.07, 6.45) is 6.65. The fraction of sp³-hybridized carbons (Fsp3) is 0.222. The lowest BCUT2D eigenvalue weighted by Gasteiger charge is -2.09. The summed E-state index contributed by atoms with van der Waals surface area (Å²) in [5.74, 6) is 0.950. The van der Waals surface area contributed by atoms with Crippen LogP contribution in [0.2, 0.25) is 0 Å². The Morgan fingerprint density at radius 1 is 1.19 bits per heavy atom. The molecule has 1 aromatic carbocycles. The van der Waals surface area contributed by atoms with E-state index in [0.29, 0.717) is 0 Å². The molecule has 0 saturated heterocycles. The number of rotatable bonds is 3. The van der Waals surface area contributed by atoms with E-state index in [0.717, 1.165) is 58.6 Å². The number of halogens is 1. The number of nitro groups is 1. The minimum absolute atomic E-state index is 0.0661. The van der Waals surface area contributed by atoms with Crippen LogP contribution in [0.4, 0.5) is 11.5 Å². The fourth-order valence-electron chi connectivity index (χ4n) is 3.18. The quantitative estimate of drug-likeness (QED) is 0.509. The van der Waals surface area contributed by atoms with Crippen LogP contribution in [-0.2, 0) is 6.42 Å². The summed E-state index contributed by atoms with van der Waals surface area (Å²) in [6, 6.07) is 8.45. The van der Waals surface area contributed by atoms with Gasteiger partial charge >= 0.3 is 0 Å². The number of pyridine rings is 1. The van der Waals surface area contributed by atoms with Crippen molar-refractivity contribution < 1.29 is 4.92 Å². The molecule has 0 radical (unpaired) electrons. The Bertz CT molecular complexity index is 968. The average molecular weight is 414 g/mol. The zero-order valence-electron chi connectivity index (χ0n) is 13.9. The van der Waals surface area contributed by atoms with Gasteiger partial charge in [-0.3, -0.25) is 15.1 Å². The largest absolute Gasteiger partial charge is 0.370 e. The van der Waals surface area contributed by atoms with Crippen molar-refractivity contribution in [3.05, 3.63) is 62.9 Å². The molecule has 8 heteroatoms. The monoisotopic (exact) mass is 413 g/mol. The number of hydrogen-bond donors (Lipinski definition) is 1. The Labute approximate surface area is 158 Å². The molecule has 1 aliphatic rings. The summed E-state index contributed by atoms with van der Waals surface area (Å²) in [6.45, 7) is 0.877. The predicted molar refractivity (Wildman–Crippen MR) is 103 cm³/mol. The van der Waals surface area contributed by atoms with E-state index < -0.39 is 4.92 Å². The summed E-state index contributed by atoms with van der Waals surface area (Å²) < 4.78 is 2.73. The standard InChI is InChI=1S/C18H16BrN5O2/c19-13-9-12(10-20-11-13)17-16-3-1-2-8-21-18(16)23(22-17)14-4-6-15(7-5-14)24(25)26/h4-7,9-11,21H,1-3,8H2. The maximum Gasteiger partial charge on any atom is 0.269 e. The van der Waals surface area contributed by atoms with Gasteiger partial charge in [-0.1, -0.05) is 0 Å². The van der Waals surface area contributed by atoms with Gasteiger partial charge in [0, 0.05) is 46.7 Å². The molecule has 7 nitrogen and oxygen atoms in total. The molecule has 3 aromatic rings. The van der Waals surface area contributed by atoms with Gasteiger partial charge in [0.2, 0.25) is 0 Å². The van der Waals surface area contributed by atoms with E-state index in [1.165, 1.54) is 12.1 Å². The van der Waals surface area contributed by atoms with Crippen molar-refractivity contribution in [2.75, 3.05) is 11.9 Å². The zero-order chi connectivity index (χ0) is 18.1. The Hall–Kier alpha value is -2.74. The highest BCUT2D eigenvalue weighted by molar-refractivity contribution is 9.10. The minimum atomic E-state index is -0.399. The van der Waals surface area contributed by atoms with Gasteiger partial charge < -0.3 is 5.32 Å². The molecule has 132 valence electrons. The van der Waals surface area contributed by atoms with Crippen molar-refractivity contribution in [2.24, 2.45) is 0 Å². The molecule has 2 aromatic heterocycles. The first kappa shape index (κ1) is 16.7. The lowest BCUT2D eigenvalue weighted by atomic mass is 10.1. The number of nitrogens with one attached hydrogen (secondary N) is 1. The third-order valence-corrected chi connectivity index (χ3v) is 4.85. The first-order valence-electron chi connectivity index (χ1n) is 8.35. The third-order valence-electron chi connectivity index (χ3n) is 4.41. The second kappa shape index (κ2) is 6.87. The average Bonchev–Trinajstić information content (AvgIpc) is 2.83. The van der Waals surface area contributed by atoms with Gasteiger partial charge in [-0.25, -0.2) is 4.68 Å². The summed E-state index contributed by atoms with van der Waals surface area (Å²) in [7, 11) is 0. The molecule has 0 aliphatic carbocycles. The Kier molecular flexibility index (Phi) is 4.42. The first-order valence-corrected chi connectivity index (χ1v) is 9.14. The molecule has 4 rings (SSSR count). The van der Waals surface area contributed by atoms with Crippen LogP contribution in [0.1, 0.15) is 18.4 Å². The second-order valence-corrected chi connectivity index (χ2v) is 7.05. The van der Waals surface area contributed by atoms with Crippen LogP contribution in [-0.4, -0.2) is 26.2 Å². The van der Waals surface area contributed by atoms with Crippen LogP contribution >= 0.6 is 15.9 Å². The number of aromatic nitrogens is 3. The lowest BCUT2D eigenvalue weighted by molar-refractivity contribution is -0.384. The fourth-order valence-corrected chi connectivity index (χ4v) is 3.54. The Balaban J connectivity index is 1.86. The minimum Gasteiger partial charge on any atom is -0.370 e. The molecule has 1 aliphatic heterocycles. The van der Waals surface area contributed by atoms with Crippen molar-refractivity contribution in [3.8, 4) is 16.9 Å². The van der Waals surface area contributed by atoms with Crippen LogP contribution in [0.3, 0.4) is 0 Å². The number of hydrogen-bond acceptors (Lipinski definition) is 5. The number of anilines is 1. The van der Waals surface area contributed by atoms with E-state index in [-0.39, 0.29) is 5.69 Å². The topological polar surface area (TPSA) is 85.9 Å². The molecule has 0 saturated carbocycles. The van der Waals surface area contributed by atoms with Crippen molar-refractivity contribution >= 4 is 27.4 Å². The number of non-ortho nitro benzene ring substituents is 1. The smallest absolute Gasteiger partial charge is 0.269 e. The van der Waals surface area contributed by atoms with E-state index >= 15 is 0 Å². The lowest BCUT2D eigenvalue weighted by Crippen LogP contribution is -2.07. The normalized spacial score (nSPS) is 13.6. The SMILES string of the molecule is O=[N+]([O-])c1ccc(-n2nc(-c3cncc(Br)c3)c3c2NCCCC3)cc1. The van der Waals surface area contributed by atoms with E-state index in [2.05, 4.69) is 26.2 Å². The van der Waals surface area contributed by atoms with Gasteiger partial charge in [0.1, 0.15) is 5.82 Å². The van der Waals surface area contributed by atoms with Gasteiger partial charge in [-0.2, -0.15) is 5.10 Å². The molecule has 0 unspecified atom stereocenters. The first-order chi connectivity index (χ1) is 12.6. The van der Waals surface area contributed by atoms with Crippen LogP contribution in [0.15, 0.2) is 47.2 Å². The van der Waals surface area contributed by atoms with Gasteiger partial charge in [0.25, 0.3) is 5.69 Å². The van der Waals surface area contributed by atoms with Gasteiger partial charge in [-0.15, -0.1) is 0 Å². The molecule has 3 heterocycles. The molecule has 0 fully saturated rings. The molecular formula is C18H16BrN5O2. The van der Waals surface area contributed by atoms with E-state index in [1.54, 1.807) is 24.5 Å².